The first-order valence-corrected chi connectivity index (χ1v) is 8.71. The summed E-state index contributed by atoms with van der Waals surface area (Å²) in [5, 5.41) is 10.5. The molecule has 27 heavy (non-hydrogen) atoms. The Morgan fingerprint density at radius 3 is 2.48 bits per heavy atom. The summed E-state index contributed by atoms with van der Waals surface area (Å²) in [7, 11) is 1.37. The van der Waals surface area contributed by atoms with E-state index in [1.54, 1.807) is 18.3 Å². The summed E-state index contributed by atoms with van der Waals surface area (Å²) >= 11 is 0. The van der Waals surface area contributed by atoms with Gasteiger partial charge in [-0.25, -0.2) is 4.79 Å². The maximum Gasteiger partial charge on any atom is 0.337 e. The summed E-state index contributed by atoms with van der Waals surface area (Å²) in [5.41, 5.74) is 4.13. The van der Waals surface area contributed by atoms with E-state index < -0.39 is 6.10 Å². The summed E-state index contributed by atoms with van der Waals surface area (Å²) in [6.07, 6.45) is 5.48. The van der Waals surface area contributed by atoms with Crippen LogP contribution in [0.1, 0.15) is 38.8 Å². The molecule has 1 heterocycles. The third kappa shape index (κ3) is 4.90. The van der Waals surface area contributed by atoms with Gasteiger partial charge in [-0.1, -0.05) is 60.7 Å². The molecule has 0 aliphatic heterocycles. The van der Waals surface area contributed by atoms with Crippen molar-refractivity contribution in [3.63, 3.8) is 0 Å². The van der Waals surface area contributed by atoms with Crippen LogP contribution in [-0.2, 0) is 11.2 Å². The van der Waals surface area contributed by atoms with Crippen molar-refractivity contribution >= 4 is 18.1 Å². The molecule has 1 atom stereocenters. The lowest BCUT2D eigenvalue weighted by atomic mass is 10.0. The highest BCUT2D eigenvalue weighted by Gasteiger charge is 2.11. The number of aliphatic hydroxyl groups excluding tert-OH is 1. The first-order chi connectivity index (χ1) is 13.2. The predicted molar refractivity (Wildman–Crippen MR) is 106 cm³/mol. The minimum Gasteiger partial charge on any atom is -0.465 e. The number of esters is 1. The first kappa shape index (κ1) is 18.5. The number of hydrogen-bond acceptors (Lipinski definition) is 4. The maximum atomic E-state index is 11.5. The molecule has 0 spiro atoms. The molecular formula is C23H21NO3. The summed E-state index contributed by atoms with van der Waals surface area (Å²) in [6.45, 7) is 0. The van der Waals surface area contributed by atoms with Crippen molar-refractivity contribution in [2.24, 2.45) is 0 Å². The van der Waals surface area contributed by atoms with Crippen LogP contribution in [-0.4, -0.2) is 23.2 Å². The third-order valence-electron chi connectivity index (χ3n) is 4.28. The van der Waals surface area contributed by atoms with E-state index in [0.717, 1.165) is 22.4 Å². The Labute approximate surface area is 158 Å². The Balaban J connectivity index is 1.76. The zero-order valence-corrected chi connectivity index (χ0v) is 15.1. The number of methoxy groups -OCH3 is 1. The van der Waals surface area contributed by atoms with E-state index in [1.807, 2.05) is 66.7 Å². The molecule has 0 amide bonds. The Bertz CT molecular complexity index is 918. The average Bonchev–Trinajstić information content (AvgIpc) is 2.73. The summed E-state index contributed by atoms with van der Waals surface area (Å²) in [5.74, 6) is -0.352. The molecule has 4 nitrogen and oxygen atoms in total. The van der Waals surface area contributed by atoms with Crippen molar-refractivity contribution in [2.45, 2.75) is 12.5 Å². The summed E-state index contributed by atoms with van der Waals surface area (Å²) in [6, 6.07) is 20.6. The van der Waals surface area contributed by atoms with Crippen LogP contribution in [0.3, 0.4) is 0 Å². The van der Waals surface area contributed by atoms with Gasteiger partial charge in [-0.3, -0.25) is 4.98 Å². The lowest BCUT2D eigenvalue weighted by molar-refractivity contribution is 0.0600. The molecule has 136 valence electrons. The molecule has 2 aromatic carbocycles. The van der Waals surface area contributed by atoms with Gasteiger partial charge in [0.2, 0.25) is 0 Å². The van der Waals surface area contributed by atoms with E-state index in [9.17, 15) is 9.90 Å². The molecule has 0 aliphatic carbocycles. The fourth-order valence-electron chi connectivity index (χ4n) is 2.78. The molecule has 0 fully saturated rings. The molecule has 1 N–H and O–H groups in total. The second kappa shape index (κ2) is 8.92. The molecule has 0 saturated heterocycles. The second-order valence-electron chi connectivity index (χ2n) is 6.12. The Hall–Kier alpha value is -3.24. The van der Waals surface area contributed by atoms with Gasteiger partial charge in [0.05, 0.1) is 24.5 Å². The molecule has 4 heteroatoms. The van der Waals surface area contributed by atoms with Crippen LogP contribution in [0.25, 0.3) is 12.2 Å². The molecule has 0 aliphatic rings. The minimum absolute atomic E-state index is 0.352. The summed E-state index contributed by atoms with van der Waals surface area (Å²) in [4.78, 5) is 15.9. The number of hydrogen-bond donors (Lipinski definition) is 1. The monoisotopic (exact) mass is 359 g/mol. The average molecular weight is 359 g/mol. The number of rotatable bonds is 6. The van der Waals surface area contributed by atoms with Gasteiger partial charge >= 0.3 is 5.97 Å². The molecule has 3 aromatic rings. The number of aliphatic hydroxyl groups is 1. The van der Waals surface area contributed by atoms with E-state index in [1.165, 1.54) is 7.11 Å². The van der Waals surface area contributed by atoms with Crippen LogP contribution in [0, 0.1) is 0 Å². The molecule has 1 aromatic heterocycles. The number of pyridine rings is 1. The topological polar surface area (TPSA) is 59.4 Å². The molecule has 0 saturated carbocycles. The van der Waals surface area contributed by atoms with Gasteiger partial charge in [0.15, 0.2) is 0 Å². The Morgan fingerprint density at radius 2 is 1.78 bits per heavy atom. The van der Waals surface area contributed by atoms with E-state index in [4.69, 9.17) is 4.74 Å². The fraction of sp³-hybridized carbons (Fsp3) is 0.130. The zero-order valence-electron chi connectivity index (χ0n) is 15.1. The Morgan fingerprint density at radius 1 is 1.04 bits per heavy atom. The van der Waals surface area contributed by atoms with Crippen molar-refractivity contribution in [3.05, 3.63) is 101 Å². The van der Waals surface area contributed by atoms with Crippen molar-refractivity contribution in [1.82, 2.24) is 4.98 Å². The zero-order chi connectivity index (χ0) is 19.1. The molecule has 0 radical (unpaired) electrons. The number of aromatic nitrogens is 1. The van der Waals surface area contributed by atoms with Gasteiger partial charge in [-0.15, -0.1) is 0 Å². The quantitative estimate of drug-likeness (QED) is 0.666. The third-order valence-corrected chi connectivity index (χ3v) is 4.28. The van der Waals surface area contributed by atoms with Gasteiger partial charge in [0.1, 0.15) is 0 Å². The SMILES string of the molecule is COC(=O)c1ccc(/C=C/c2cccnc2CC(O)c2ccccc2)cc1. The van der Waals surface area contributed by atoms with Crippen LogP contribution in [0.2, 0.25) is 0 Å². The van der Waals surface area contributed by atoms with E-state index in [-0.39, 0.29) is 5.97 Å². The van der Waals surface area contributed by atoms with Crippen LogP contribution in [0.4, 0.5) is 0 Å². The van der Waals surface area contributed by atoms with Crippen LogP contribution in [0.5, 0.6) is 0 Å². The van der Waals surface area contributed by atoms with Gasteiger partial charge in [-0.05, 0) is 34.9 Å². The summed E-state index contributed by atoms with van der Waals surface area (Å²) < 4.78 is 4.71. The van der Waals surface area contributed by atoms with Crippen molar-refractivity contribution < 1.29 is 14.6 Å². The normalized spacial score (nSPS) is 12.1. The highest BCUT2D eigenvalue weighted by atomic mass is 16.5. The van der Waals surface area contributed by atoms with E-state index >= 15 is 0 Å². The lowest BCUT2D eigenvalue weighted by Crippen LogP contribution is -2.04. The second-order valence-corrected chi connectivity index (χ2v) is 6.12. The van der Waals surface area contributed by atoms with Gasteiger partial charge < -0.3 is 9.84 Å². The van der Waals surface area contributed by atoms with Crippen molar-refractivity contribution in [2.75, 3.05) is 7.11 Å². The largest absolute Gasteiger partial charge is 0.465 e. The molecule has 0 bridgehead atoms. The highest BCUT2D eigenvalue weighted by molar-refractivity contribution is 5.89. The fourth-order valence-corrected chi connectivity index (χ4v) is 2.78. The van der Waals surface area contributed by atoms with Crippen molar-refractivity contribution in [1.29, 1.82) is 0 Å². The van der Waals surface area contributed by atoms with Crippen LogP contribution in [0.15, 0.2) is 72.9 Å². The number of ether oxygens (including phenoxy) is 1. The molecular weight excluding hydrogens is 338 g/mol. The van der Waals surface area contributed by atoms with E-state index in [0.29, 0.717) is 12.0 Å². The number of benzene rings is 2. The standard InChI is InChI=1S/C23H21NO3/c1-27-23(26)20-13-10-17(11-14-20)9-12-18-8-5-15-24-21(18)16-22(25)19-6-3-2-4-7-19/h2-15,22,25H,16H2,1H3/b12-9+. The van der Waals surface area contributed by atoms with Crippen LogP contribution >= 0.6 is 0 Å². The number of carbonyl (C=O) groups is 1. The molecule has 3 rings (SSSR count). The van der Waals surface area contributed by atoms with Crippen LogP contribution < -0.4 is 0 Å². The first-order valence-electron chi connectivity index (χ1n) is 8.71. The number of carbonyl (C=O) groups excluding carboxylic acids is 1. The Kier molecular flexibility index (Phi) is 6.13. The molecule has 1 unspecified atom stereocenters. The van der Waals surface area contributed by atoms with Gasteiger partial charge in [0.25, 0.3) is 0 Å². The maximum absolute atomic E-state index is 11.5. The lowest BCUT2D eigenvalue weighted by Gasteiger charge is -2.12. The highest BCUT2D eigenvalue weighted by Crippen LogP contribution is 2.20. The van der Waals surface area contributed by atoms with Crippen molar-refractivity contribution in [3.8, 4) is 0 Å². The predicted octanol–water partition coefficient (Wildman–Crippen LogP) is 4.31. The number of nitrogens with zero attached hydrogens (tertiary/aromatic N) is 1. The smallest absolute Gasteiger partial charge is 0.337 e. The van der Waals surface area contributed by atoms with Gasteiger partial charge in [-0.2, -0.15) is 0 Å². The van der Waals surface area contributed by atoms with E-state index in [2.05, 4.69) is 4.98 Å². The minimum atomic E-state index is -0.604. The van der Waals surface area contributed by atoms with Gasteiger partial charge in [0, 0.05) is 12.6 Å².